The molecule has 2 heteroatoms. The highest BCUT2D eigenvalue weighted by Gasteiger charge is 2.16. The van der Waals surface area contributed by atoms with Gasteiger partial charge in [0.1, 0.15) is 0 Å². The lowest BCUT2D eigenvalue weighted by Gasteiger charge is -2.22. The maximum Gasteiger partial charge on any atom is 0.0390 e. The van der Waals surface area contributed by atoms with E-state index < -0.39 is 0 Å². The SMILES string of the molecule is CCNC(CC(C)CC)c1cccc2ccsc12. The monoisotopic (exact) mass is 261 g/mol. The maximum absolute atomic E-state index is 3.65. The van der Waals surface area contributed by atoms with Gasteiger partial charge in [0.25, 0.3) is 0 Å². The lowest BCUT2D eigenvalue weighted by molar-refractivity contribution is 0.410. The first-order valence-electron chi connectivity index (χ1n) is 6.95. The van der Waals surface area contributed by atoms with Gasteiger partial charge < -0.3 is 5.32 Å². The van der Waals surface area contributed by atoms with Crippen LogP contribution in [0.15, 0.2) is 29.6 Å². The Morgan fingerprint density at radius 2 is 2.06 bits per heavy atom. The van der Waals surface area contributed by atoms with Crippen molar-refractivity contribution in [2.45, 2.75) is 39.7 Å². The molecule has 0 amide bonds. The van der Waals surface area contributed by atoms with Crippen LogP contribution in [0.2, 0.25) is 0 Å². The van der Waals surface area contributed by atoms with Crippen molar-refractivity contribution in [1.29, 1.82) is 0 Å². The van der Waals surface area contributed by atoms with Crippen LogP contribution in [0.25, 0.3) is 10.1 Å². The molecule has 1 aromatic carbocycles. The van der Waals surface area contributed by atoms with Crippen LogP contribution < -0.4 is 5.32 Å². The topological polar surface area (TPSA) is 12.0 Å². The van der Waals surface area contributed by atoms with E-state index in [-0.39, 0.29) is 0 Å². The number of hydrogen-bond acceptors (Lipinski definition) is 2. The van der Waals surface area contributed by atoms with E-state index in [1.54, 1.807) is 0 Å². The van der Waals surface area contributed by atoms with Crippen molar-refractivity contribution in [3.05, 3.63) is 35.2 Å². The maximum atomic E-state index is 3.65. The van der Waals surface area contributed by atoms with Gasteiger partial charge in [-0.25, -0.2) is 0 Å². The molecule has 1 nitrogen and oxygen atoms in total. The molecule has 1 N–H and O–H groups in total. The van der Waals surface area contributed by atoms with Gasteiger partial charge in [0.15, 0.2) is 0 Å². The van der Waals surface area contributed by atoms with Crippen molar-refractivity contribution in [1.82, 2.24) is 5.32 Å². The number of nitrogens with one attached hydrogen (secondary N) is 1. The van der Waals surface area contributed by atoms with Crippen molar-refractivity contribution < 1.29 is 0 Å². The zero-order chi connectivity index (χ0) is 13.0. The van der Waals surface area contributed by atoms with Crippen LogP contribution in [0.3, 0.4) is 0 Å². The Balaban J connectivity index is 2.31. The molecular weight excluding hydrogens is 238 g/mol. The van der Waals surface area contributed by atoms with E-state index in [0.717, 1.165) is 12.5 Å². The first kappa shape index (κ1) is 13.6. The quantitative estimate of drug-likeness (QED) is 0.772. The van der Waals surface area contributed by atoms with Gasteiger partial charge in [0.05, 0.1) is 0 Å². The van der Waals surface area contributed by atoms with Gasteiger partial charge in [-0.3, -0.25) is 0 Å². The van der Waals surface area contributed by atoms with E-state index >= 15 is 0 Å². The van der Waals surface area contributed by atoms with E-state index in [9.17, 15) is 0 Å². The number of rotatable bonds is 6. The van der Waals surface area contributed by atoms with Crippen molar-refractivity contribution in [2.75, 3.05) is 6.54 Å². The summed E-state index contributed by atoms with van der Waals surface area (Å²) in [4.78, 5) is 0. The minimum Gasteiger partial charge on any atom is -0.310 e. The van der Waals surface area contributed by atoms with Crippen molar-refractivity contribution >= 4 is 21.4 Å². The van der Waals surface area contributed by atoms with Crippen LogP contribution in [0.1, 0.15) is 45.2 Å². The van der Waals surface area contributed by atoms with Crippen molar-refractivity contribution in [3.63, 3.8) is 0 Å². The molecule has 0 saturated heterocycles. The summed E-state index contributed by atoms with van der Waals surface area (Å²) in [5, 5.41) is 7.23. The molecule has 18 heavy (non-hydrogen) atoms. The molecule has 0 radical (unpaired) electrons. The van der Waals surface area contributed by atoms with Crippen LogP contribution in [0.4, 0.5) is 0 Å². The molecular formula is C16H23NS. The summed E-state index contributed by atoms with van der Waals surface area (Å²) in [6, 6.07) is 9.39. The predicted molar refractivity (Wildman–Crippen MR) is 82.3 cm³/mol. The van der Waals surface area contributed by atoms with Gasteiger partial charge >= 0.3 is 0 Å². The van der Waals surface area contributed by atoms with Crippen LogP contribution in [0, 0.1) is 5.92 Å². The summed E-state index contributed by atoms with van der Waals surface area (Å²) < 4.78 is 1.45. The molecule has 2 rings (SSSR count). The number of hydrogen-bond donors (Lipinski definition) is 1. The third-order valence-electron chi connectivity index (χ3n) is 3.67. The predicted octanol–water partition coefficient (Wildman–Crippen LogP) is 4.99. The number of thiophene rings is 1. The minimum absolute atomic E-state index is 0.493. The zero-order valence-electron chi connectivity index (χ0n) is 11.6. The molecule has 1 heterocycles. The van der Waals surface area contributed by atoms with E-state index in [2.05, 4.69) is 55.7 Å². The lowest BCUT2D eigenvalue weighted by atomic mass is 9.93. The van der Waals surface area contributed by atoms with Crippen molar-refractivity contribution in [3.8, 4) is 0 Å². The Labute approximate surface area is 114 Å². The fourth-order valence-electron chi connectivity index (χ4n) is 2.43. The largest absolute Gasteiger partial charge is 0.310 e. The van der Waals surface area contributed by atoms with Crippen LogP contribution in [0.5, 0.6) is 0 Å². The Kier molecular flexibility index (Phi) is 4.79. The Morgan fingerprint density at radius 1 is 1.22 bits per heavy atom. The Hall–Kier alpha value is -0.860. The molecule has 0 saturated carbocycles. The highest BCUT2D eigenvalue weighted by molar-refractivity contribution is 7.17. The van der Waals surface area contributed by atoms with Gasteiger partial charge in [-0.2, -0.15) is 0 Å². The van der Waals surface area contributed by atoms with Gasteiger partial charge in [0.2, 0.25) is 0 Å². The molecule has 0 aliphatic carbocycles. The molecule has 2 unspecified atom stereocenters. The molecule has 98 valence electrons. The summed E-state index contributed by atoms with van der Waals surface area (Å²) in [7, 11) is 0. The van der Waals surface area contributed by atoms with Gasteiger partial charge in [0, 0.05) is 10.7 Å². The average molecular weight is 261 g/mol. The Bertz CT molecular complexity index is 489. The molecule has 0 spiro atoms. The zero-order valence-corrected chi connectivity index (χ0v) is 12.4. The normalized spacial score (nSPS) is 14.8. The standard InChI is InChI=1S/C16H23NS/c1-4-12(3)11-15(17-5-2)14-8-6-7-13-9-10-18-16(13)14/h6-10,12,15,17H,4-5,11H2,1-3H3. The average Bonchev–Trinajstić information content (AvgIpc) is 2.86. The first-order valence-corrected chi connectivity index (χ1v) is 7.83. The highest BCUT2D eigenvalue weighted by Crippen LogP contribution is 2.32. The summed E-state index contributed by atoms with van der Waals surface area (Å²) in [6.45, 7) is 7.85. The third-order valence-corrected chi connectivity index (χ3v) is 4.65. The van der Waals surface area contributed by atoms with Gasteiger partial charge in [-0.1, -0.05) is 45.4 Å². The summed E-state index contributed by atoms with van der Waals surface area (Å²) >= 11 is 1.86. The first-order chi connectivity index (χ1) is 8.76. The number of benzene rings is 1. The summed E-state index contributed by atoms with van der Waals surface area (Å²) in [6.07, 6.45) is 2.48. The fourth-order valence-corrected chi connectivity index (χ4v) is 3.40. The number of fused-ring (bicyclic) bond motifs is 1. The van der Waals surface area contributed by atoms with Gasteiger partial charge in [-0.05, 0) is 41.3 Å². The second-order valence-corrected chi connectivity index (χ2v) is 5.96. The van der Waals surface area contributed by atoms with E-state index in [1.807, 2.05) is 11.3 Å². The van der Waals surface area contributed by atoms with Crippen LogP contribution in [-0.2, 0) is 0 Å². The fraction of sp³-hybridized carbons (Fsp3) is 0.500. The molecule has 0 aliphatic rings. The molecule has 2 aromatic rings. The highest BCUT2D eigenvalue weighted by atomic mass is 32.1. The van der Waals surface area contributed by atoms with Gasteiger partial charge in [-0.15, -0.1) is 11.3 Å². The Morgan fingerprint density at radius 3 is 2.78 bits per heavy atom. The molecule has 0 aliphatic heterocycles. The lowest BCUT2D eigenvalue weighted by Crippen LogP contribution is -2.22. The third kappa shape index (κ3) is 2.93. The second-order valence-electron chi connectivity index (χ2n) is 5.05. The minimum atomic E-state index is 0.493. The van der Waals surface area contributed by atoms with Crippen molar-refractivity contribution in [2.24, 2.45) is 5.92 Å². The molecule has 0 bridgehead atoms. The van der Waals surface area contributed by atoms with Crippen LogP contribution >= 0.6 is 11.3 Å². The second kappa shape index (κ2) is 6.35. The molecule has 2 atom stereocenters. The van der Waals surface area contributed by atoms with E-state index in [0.29, 0.717) is 6.04 Å². The summed E-state index contributed by atoms with van der Waals surface area (Å²) in [5.74, 6) is 0.768. The van der Waals surface area contributed by atoms with E-state index in [4.69, 9.17) is 0 Å². The summed E-state index contributed by atoms with van der Waals surface area (Å²) in [5.41, 5.74) is 1.48. The van der Waals surface area contributed by atoms with E-state index in [1.165, 1.54) is 28.5 Å². The molecule has 0 fully saturated rings. The molecule has 1 aromatic heterocycles. The smallest absolute Gasteiger partial charge is 0.0390 e. The van der Waals surface area contributed by atoms with Crippen LogP contribution in [-0.4, -0.2) is 6.54 Å².